The van der Waals surface area contributed by atoms with Crippen LogP contribution in [0.25, 0.3) is 0 Å². The molecule has 0 aromatic heterocycles. The minimum Gasteiger partial charge on any atom is -0.497 e. The third-order valence-electron chi connectivity index (χ3n) is 3.67. The third kappa shape index (κ3) is 3.50. The molecular formula is C18H20O3. The van der Waals surface area contributed by atoms with Gasteiger partial charge in [0.05, 0.1) is 19.1 Å². The number of ether oxygens (including phenoxy) is 1. The number of benzene rings is 2. The summed E-state index contributed by atoms with van der Waals surface area (Å²) in [5, 5.41) is 10.5. The minimum absolute atomic E-state index is 0.0265. The first kappa shape index (κ1) is 15.3. The van der Waals surface area contributed by atoms with E-state index in [4.69, 9.17) is 4.74 Å². The number of Topliss-reactive ketones (excluding diaryl/α,β-unsaturated/α-hetero) is 1. The highest BCUT2D eigenvalue weighted by Gasteiger charge is 2.27. The SMILES string of the molecule is CC[C@H](C(=O)c1ccccc1)[C@@H](O)c1ccc(OC)cc1. The van der Waals surface area contributed by atoms with Crippen LogP contribution in [0.4, 0.5) is 0 Å². The molecule has 21 heavy (non-hydrogen) atoms. The van der Waals surface area contributed by atoms with E-state index in [-0.39, 0.29) is 5.78 Å². The standard InChI is InChI=1S/C18H20O3/c1-3-16(17(19)13-7-5-4-6-8-13)18(20)14-9-11-15(21-2)12-10-14/h4-12,16,18,20H,3H2,1-2H3/t16-,18+/m1/s1. The van der Waals surface area contributed by atoms with E-state index in [1.807, 2.05) is 25.1 Å². The summed E-state index contributed by atoms with van der Waals surface area (Å²) in [6.07, 6.45) is -0.227. The van der Waals surface area contributed by atoms with Crippen LogP contribution in [0.5, 0.6) is 5.75 Å². The number of carbonyl (C=O) groups is 1. The molecule has 0 bridgehead atoms. The summed E-state index contributed by atoms with van der Waals surface area (Å²) < 4.78 is 5.10. The molecule has 3 heteroatoms. The van der Waals surface area contributed by atoms with Crippen LogP contribution in [0.15, 0.2) is 54.6 Å². The van der Waals surface area contributed by atoms with Gasteiger partial charge in [0.15, 0.2) is 5.78 Å². The molecule has 0 spiro atoms. The van der Waals surface area contributed by atoms with Gasteiger partial charge in [-0.3, -0.25) is 4.79 Å². The van der Waals surface area contributed by atoms with Crippen molar-refractivity contribution >= 4 is 5.78 Å². The van der Waals surface area contributed by atoms with E-state index in [2.05, 4.69) is 0 Å². The Bertz CT molecular complexity index is 575. The highest BCUT2D eigenvalue weighted by atomic mass is 16.5. The minimum atomic E-state index is -0.811. The lowest BCUT2D eigenvalue weighted by atomic mass is 9.87. The fourth-order valence-electron chi connectivity index (χ4n) is 2.40. The summed E-state index contributed by atoms with van der Waals surface area (Å²) in [6.45, 7) is 1.91. The Morgan fingerprint density at radius 3 is 2.24 bits per heavy atom. The molecule has 0 amide bonds. The van der Waals surface area contributed by atoms with Crippen molar-refractivity contribution in [3.05, 3.63) is 65.7 Å². The van der Waals surface area contributed by atoms with Crippen LogP contribution >= 0.6 is 0 Å². The van der Waals surface area contributed by atoms with Crippen molar-refractivity contribution in [2.45, 2.75) is 19.4 Å². The number of aliphatic hydroxyl groups excluding tert-OH is 1. The van der Waals surface area contributed by atoms with Crippen molar-refractivity contribution in [3.63, 3.8) is 0 Å². The van der Waals surface area contributed by atoms with Gasteiger partial charge >= 0.3 is 0 Å². The predicted octanol–water partition coefficient (Wildman–Crippen LogP) is 3.64. The molecule has 2 aromatic rings. The average molecular weight is 284 g/mol. The van der Waals surface area contributed by atoms with E-state index in [1.165, 1.54) is 0 Å². The second kappa shape index (κ2) is 7.04. The number of carbonyl (C=O) groups excluding carboxylic acids is 1. The summed E-state index contributed by atoms with van der Waals surface area (Å²) in [5.41, 5.74) is 1.36. The Kier molecular flexibility index (Phi) is 5.12. The van der Waals surface area contributed by atoms with Gasteiger partial charge in [0.2, 0.25) is 0 Å². The van der Waals surface area contributed by atoms with E-state index in [9.17, 15) is 9.90 Å². The number of ketones is 1. The lowest BCUT2D eigenvalue weighted by Crippen LogP contribution is -2.22. The highest BCUT2D eigenvalue weighted by Crippen LogP contribution is 2.29. The van der Waals surface area contributed by atoms with Crippen LogP contribution in [0.1, 0.15) is 35.4 Å². The van der Waals surface area contributed by atoms with Gasteiger partial charge in [-0.1, -0.05) is 49.4 Å². The molecule has 2 rings (SSSR count). The van der Waals surface area contributed by atoms with Crippen molar-refractivity contribution in [2.24, 2.45) is 5.92 Å². The van der Waals surface area contributed by atoms with E-state index >= 15 is 0 Å². The molecule has 0 aliphatic carbocycles. The Balaban J connectivity index is 2.21. The lowest BCUT2D eigenvalue weighted by molar-refractivity contribution is 0.0667. The lowest BCUT2D eigenvalue weighted by Gasteiger charge is -2.21. The molecule has 0 fully saturated rings. The van der Waals surface area contributed by atoms with Crippen molar-refractivity contribution in [1.29, 1.82) is 0 Å². The summed E-state index contributed by atoms with van der Waals surface area (Å²) >= 11 is 0. The Labute approximate surface area is 125 Å². The highest BCUT2D eigenvalue weighted by molar-refractivity contribution is 5.98. The van der Waals surface area contributed by atoms with Gasteiger partial charge in [0.25, 0.3) is 0 Å². The predicted molar refractivity (Wildman–Crippen MR) is 82.5 cm³/mol. The monoisotopic (exact) mass is 284 g/mol. The van der Waals surface area contributed by atoms with Crippen molar-refractivity contribution < 1.29 is 14.6 Å². The van der Waals surface area contributed by atoms with Crippen molar-refractivity contribution in [3.8, 4) is 5.75 Å². The zero-order valence-electron chi connectivity index (χ0n) is 12.3. The fraction of sp³-hybridized carbons (Fsp3) is 0.278. The van der Waals surface area contributed by atoms with Crippen LogP contribution in [0, 0.1) is 5.92 Å². The van der Waals surface area contributed by atoms with Gasteiger partial charge in [-0.2, -0.15) is 0 Å². The molecule has 0 heterocycles. The van der Waals surface area contributed by atoms with Crippen molar-refractivity contribution in [2.75, 3.05) is 7.11 Å². The largest absolute Gasteiger partial charge is 0.497 e. The van der Waals surface area contributed by atoms with Crippen LogP contribution in [0.2, 0.25) is 0 Å². The number of aliphatic hydroxyl groups is 1. The second-order valence-corrected chi connectivity index (χ2v) is 4.96. The molecule has 110 valence electrons. The molecule has 0 aliphatic heterocycles. The van der Waals surface area contributed by atoms with Gasteiger partial charge in [0.1, 0.15) is 5.75 Å². The molecule has 0 radical (unpaired) electrons. The zero-order chi connectivity index (χ0) is 15.2. The maximum absolute atomic E-state index is 12.5. The third-order valence-corrected chi connectivity index (χ3v) is 3.67. The van der Waals surface area contributed by atoms with Crippen molar-refractivity contribution in [1.82, 2.24) is 0 Å². The topological polar surface area (TPSA) is 46.5 Å². The summed E-state index contributed by atoms with van der Waals surface area (Å²) in [7, 11) is 1.60. The average Bonchev–Trinajstić information content (AvgIpc) is 2.56. The Morgan fingerprint density at radius 1 is 1.10 bits per heavy atom. The molecular weight excluding hydrogens is 264 g/mol. The smallest absolute Gasteiger partial charge is 0.168 e. The molecule has 2 aromatic carbocycles. The Morgan fingerprint density at radius 2 is 1.71 bits per heavy atom. The number of hydrogen-bond donors (Lipinski definition) is 1. The van der Waals surface area contributed by atoms with E-state index in [1.54, 1.807) is 43.5 Å². The van der Waals surface area contributed by atoms with Gasteiger partial charge in [-0.15, -0.1) is 0 Å². The molecule has 2 atom stereocenters. The zero-order valence-corrected chi connectivity index (χ0v) is 12.3. The fourth-order valence-corrected chi connectivity index (χ4v) is 2.40. The Hall–Kier alpha value is -2.13. The maximum atomic E-state index is 12.5. The number of rotatable bonds is 6. The quantitative estimate of drug-likeness (QED) is 0.824. The molecule has 3 nitrogen and oxygen atoms in total. The number of hydrogen-bond acceptors (Lipinski definition) is 3. The van der Waals surface area contributed by atoms with Gasteiger partial charge in [-0.05, 0) is 24.1 Å². The first-order valence-corrected chi connectivity index (χ1v) is 7.08. The van der Waals surface area contributed by atoms with Crippen LogP contribution in [0.3, 0.4) is 0 Å². The van der Waals surface area contributed by atoms with E-state index in [0.717, 1.165) is 11.3 Å². The van der Waals surface area contributed by atoms with Gasteiger partial charge < -0.3 is 9.84 Å². The first-order valence-electron chi connectivity index (χ1n) is 7.08. The summed E-state index contributed by atoms with van der Waals surface area (Å²) in [6, 6.07) is 16.3. The number of methoxy groups -OCH3 is 1. The normalized spacial score (nSPS) is 13.5. The first-order chi connectivity index (χ1) is 10.2. The van der Waals surface area contributed by atoms with Crippen LogP contribution in [-0.4, -0.2) is 18.0 Å². The van der Waals surface area contributed by atoms with E-state index in [0.29, 0.717) is 12.0 Å². The van der Waals surface area contributed by atoms with Gasteiger partial charge in [0, 0.05) is 5.56 Å². The van der Waals surface area contributed by atoms with Gasteiger partial charge in [-0.25, -0.2) is 0 Å². The molecule has 1 N–H and O–H groups in total. The maximum Gasteiger partial charge on any atom is 0.168 e. The van der Waals surface area contributed by atoms with Crippen LogP contribution in [-0.2, 0) is 0 Å². The summed E-state index contributed by atoms with van der Waals surface area (Å²) in [4.78, 5) is 12.5. The molecule has 0 saturated heterocycles. The second-order valence-electron chi connectivity index (χ2n) is 4.96. The molecule has 0 unspecified atom stereocenters. The van der Waals surface area contributed by atoms with Crippen LogP contribution < -0.4 is 4.74 Å². The molecule has 0 aliphatic rings. The van der Waals surface area contributed by atoms with E-state index < -0.39 is 12.0 Å². The summed E-state index contributed by atoms with van der Waals surface area (Å²) in [5.74, 6) is 0.260. The molecule has 0 saturated carbocycles.